The number of piperidine rings is 1. The van der Waals surface area contributed by atoms with E-state index in [0.29, 0.717) is 5.52 Å². The van der Waals surface area contributed by atoms with Gasteiger partial charge in [-0.05, 0) is 36.1 Å². The van der Waals surface area contributed by atoms with Gasteiger partial charge in [0.15, 0.2) is 5.69 Å². The number of amides is 3. The Morgan fingerprint density at radius 3 is 2.59 bits per heavy atom. The van der Waals surface area contributed by atoms with Gasteiger partial charge in [-0.2, -0.15) is 13.2 Å². The maximum absolute atomic E-state index is 14.8. The second-order valence-electron chi connectivity index (χ2n) is 9.58. The summed E-state index contributed by atoms with van der Waals surface area (Å²) < 4.78 is 69.0. The molecule has 0 spiro atoms. The van der Waals surface area contributed by atoms with Crippen LogP contribution in [-0.2, 0) is 9.59 Å². The number of hydrogen-bond donors (Lipinski definition) is 2. The number of nitrogens with zero attached hydrogens (tertiary/aromatic N) is 4. The van der Waals surface area contributed by atoms with Crippen molar-refractivity contribution in [2.75, 3.05) is 13.1 Å². The molecule has 1 saturated heterocycles. The fourth-order valence-corrected chi connectivity index (χ4v) is 4.65. The first-order chi connectivity index (χ1) is 18.4. The van der Waals surface area contributed by atoms with E-state index in [1.165, 1.54) is 37.5 Å². The summed E-state index contributed by atoms with van der Waals surface area (Å²) >= 11 is 0. The van der Waals surface area contributed by atoms with Gasteiger partial charge in [0.05, 0.1) is 24.1 Å². The molecule has 3 atom stereocenters. The highest BCUT2D eigenvalue weighted by atomic mass is 19.4. The van der Waals surface area contributed by atoms with E-state index in [4.69, 9.17) is 0 Å². The Kier molecular flexibility index (Phi) is 7.84. The number of benzene rings is 1. The van der Waals surface area contributed by atoms with E-state index in [0.717, 1.165) is 18.2 Å². The van der Waals surface area contributed by atoms with Gasteiger partial charge in [-0.1, -0.05) is 13.8 Å². The van der Waals surface area contributed by atoms with E-state index in [1.54, 1.807) is 15.9 Å². The average molecular weight is 553 g/mol. The molecule has 0 radical (unpaired) electrons. The van der Waals surface area contributed by atoms with Crippen molar-refractivity contribution in [3.8, 4) is 0 Å². The van der Waals surface area contributed by atoms with Crippen molar-refractivity contribution in [1.82, 2.24) is 29.9 Å². The van der Waals surface area contributed by atoms with E-state index >= 15 is 0 Å². The van der Waals surface area contributed by atoms with Crippen LogP contribution in [0, 0.1) is 17.6 Å². The smallest absolute Gasteiger partial charge is 0.349 e. The number of nitrogens with one attached hydrogen (secondary N) is 2. The third kappa shape index (κ3) is 5.99. The largest absolute Gasteiger partial charge is 0.471 e. The number of fused-ring (bicyclic) bond motifs is 1. The van der Waals surface area contributed by atoms with Gasteiger partial charge in [-0.3, -0.25) is 14.4 Å². The minimum absolute atomic E-state index is 0.0520. The van der Waals surface area contributed by atoms with Crippen LogP contribution < -0.4 is 10.6 Å². The Balaban J connectivity index is 1.63. The molecule has 4 rings (SSSR count). The zero-order chi connectivity index (χ0) is 28.5. The van der Waals surface area contributed by atoms with Gasteiger partial charge >= 0.3 is 12.1 Å². The molecule has 9 nitrogen and oxygen atoms in total. The van der Waals surface area contributed by atoms with Crippen molar-refractivity contribution in [3.05, 3.63) is 66.0 Å². The Hall–Kier alpha value is -4.10. The number of carbonyl (C=O) groups excluding carboxylic acids is 3. The molecule has 0 saturated carbocycles. The molecule has 1 aliphatic rings. The number of alkyl halides is 3. The molecule has 3 amide bonds. The van der Waals surface area contributed by atoms with E-state index in [9.17, 15) is 36.3 Å². The van der Waals surface area contributed by atoms with E-state index in [-0.39, 0.29) is 30.8 Å². The SMILES string of the molecule is CC(C)[C@@H](NC(=O)C(F)(F)F)C(=O)N[C@@H]1CN(C(=O)c2nccn3cncc23)CC[C@H]1c1cc(F)ccc1F. The summed E-state index contributed by atoms with van der Waals surface area (Å²) in [6.45, 7) is 2.81. The second-order valence-corrected chi connectivity index (χ2v) is 9.58. The molecule has 0 bridgehead atoms. The van der Waals surface area contributed by atoms with Crippen LogP contribution in [0.5, 0.6) is 0 Å². The fraction of sp³-hybridized carbons (Fsp3) is 0.400. The number of aromatic nitrogens is 3. The van der Waals surface area contributed by atoms with Crippen LogP contribution in [-0.4, -0.2) is 68.3 Å². The van der Waals surface area contributed by atoms with Gasteiger partial charge in [0.25, 0.3) is 5.91 Å². The lowest BCUT2D eigenvalue weighted by atomic mass is 9.84. The van der Waals surface area contributed by atoms with Crippen molar-refractivity contribution < 1.29 is 36.3 Å². The molecule has 2 aromatic heterocycles. The number of carbonyl (C=O) groups is 3. The molecule has 3 aromatic rings. The van der Waals surface area contributed by atoms with Crippen molar-refractivity contribution in [2.45, 2.75) is 44.4 Å². The van der Waals surface area contributed by atoms with Crippen LogP contribution >= 0.6 is 0 Å². The van der Waals surface area contributed by atoms with Crippen LogP contribution in [0.1, 0.15) is 42.2 Å². The lowest BCUT2D eigenvalue weighted by molar-refractivity contribution is -0.175. The molecule has 1 aliphatic heterocycles. The predicted octanol–water partition coefficient (Wildman–Crippen LogP) is 2.83. The van der Waals surface area contributed by atoms with Crippen molar-refractivity contribution in [1.29, 1.82) is 0 Å². The van der Waals surface area contributed by atoms with Crippen LogP contribution in [0.2, 0.25) is 0 Å². The molecule has 208 valence electrons. The molecule has 0 aliphatic carbocycles. The van der Waals surface area contributed by atoms with Gasteiger partial charge in [0.2, 0.25) is 5.91 Å². The Morgan fingerprint density at radius 1 is 1.15 bits per heavy atom. The Labute approximate surface area is 219 Å². The van der Waals surface area contributed by atoms with Crippen LogP contribution in [0.4, 0.5) is 22.0 Å². The van der Waals surface area contributed by atoms with Gasteiger partial charge < -0.3 is 19.9 Å². The molecule has 1 aromatic carbocycles. The maximum atomic E-state index is 14.8. The summed E-state index contributed by atoms with van der Waals surface area (Å²) in [7, 11) is 0. The lowest BCUT2D eigenvalue weighted by Crippen LogP contribution is -2.59. The summed E-state index contributed by atoms with van der Waals surface area (Å²) in [5.74, 6) is -6.78. The molecule has 3 heterocycles. The normalized spacial score (nSPS) is 18.7. The van der Waals surface area contributed by atoms with Crippen molar-refractivity contribution >= 4 is 23.2 Å². The summed E-state index contributed by atoms with van der Waals surface area (Å²) in [6.07, 6.45) is 0.827. The quantitative estimate of drug-likeness (QED) is 0.458. The number of rotatable bonds is 6. The zero-order valence-electron chi connectivity index (χ0n) is 20.9. The van der Waals surface area contributed by atoms with Gasteiger partial charge in [-0.25, -0.2) is 18.7 Å². The first kappa shape index (κ1) is 27.9. The molecule has 2 N–H and O–H groups in total. The Bertz CT molecular complexity index is 1390. The van der Waals surface area contributed by atoms with E-state index in [2.05, 4.69) is 15.3 Å². The highest BCUT2D eigenvalue weighted by molar-refractivity contribution is 5.98. The summed E-state index contributed by atoms with van der Waals surface area (Å²) in [6, 6.07) is 0.248. The lowest BCUT2D eigenvalue weighted by Gasteiger charge is -2.40. The fourth-order valence-electron chi connectivity index (χ4n) is 4.65. The Morgan fingerprint density at radius 2 is 1.90 bits per heavy atom. The van der Waals surface area contributed by atoms with E-state index in [1.807, 2.05) is 0 Å². The third-order valence-electron chi connectivity index (χ3n) is 6.62. The van der Waals surface area contributed by atoms with E-state index < -0.39 is 59.5 Å². The van der Waals surface area contributed by atoms with Gasteiger partial charge in [0.1, 0.15) is 17.7 Å². The molecule has 1 fully saturated rings. The predicted molar refractivity (Wildman–Crippen MR) is 127 cm³/mol. The molecular formula is C25H25F5N6O3. The monoisotopic (exact) mass is 552 g/mol. The molecule has 0 unspecified atom stereocenters. The number of halogens is 5. The van der Waals surface area contributed by atoms with Gasteiger partial charge in [0, 0.05) is 31.4 Å². The number of hydrogen-bond acceptors (Lipinski definition) is 5. The minimum atomic E-state index is -5.21. The molecular weight excluding hydrogens is 527 g/mol. The highest BCUT2D eigenvalue weighted by Crippen LogP contribution is 2.32. The zero-order valence-corrected chi connectivity index (χ0v) is 20.9. The van der Waals surface area contributed by atoms with Crippen LogP contribution in [0.3, 0.4) is 0 Å². The van der Waals surface area contributed by atoms with Gasteiger partial charge in [-0.15, -0.1) is 0 Å². The first-order valence-electron chi connectivity index (χ1n) is 12.1. The second kappa shape index (κ2) is 10.9. The summed E-state index contributed by atoms with van der Waals surface area (Å²) in [4.78, 5) is 47.6. The third-order valence-corrected chi connectivity index (χ3v) is 6.62. The molecule has 14 heteroatoms. The minimum Gasteiger partial charge on any atom is -0.349 e. The number of imidazole rings is 1. The topological polar surface area (TPSA) is 109 Å². The first-order valence-corrected chi connectivity index (χ1v) is 12.1. The highest BCUT2D eigenvalue weighted by Gasteiger charge is 2.42. The average Bonchev–Trinajstić information content (AvgIpc) is 3.36. The standard InChI is InChI=1S/C25H25F5N6O3/c1-13(2)20(34-24(39)25(28,29)30)22(37)33-18-11-35(7-5-15(18)16-9-14(26)3-4-17(16)27)23(38)21-19-10-31-12-36(19)8-6-32-21/h3-4,6,8-10,12-13,15,18,20H,5,7,11H2,1-2H3,(H,33,37)(H,34,39)/t15-,18+,20+/m0/s1. The maximum Gasteiger partial charge on any atom is 0.471 e. The van der Waals surface area contributed by atoms with Crippen molar-refractivity contribution in [2.24, 2.45) is 5.92 Å². The van der Waals surface area contributed by atoms with Crippen molar-refractivity contribution in [3.63, 3.8) is 0 Å². The summed E-state index contributed by atoms with van der Waals surface area (Å²) in [5.41, 5.74) is 0.452. The van der Waals surface area contributed by atoms with Crippen LogP contribution in [0.15, 0.2) is 43.1 Å². The number of likely N-dealkylation sites (tertiary alicyclic amines) is 1. The molecule has 39 heavy (non-hydrogen) atoms. The van der Waals surface area contributed by atoms with Crippen LogP contribution in [0.25, 0.3) is 5.52 Å². The summed E-state index contributed by atoms with van der Waals surface area (Å²) in [5, 5.41) is 4.27.